The molecule has 0 atom stereocenters. The van der Waals surface area contributed by atoms with Crippen molar-refractivity contribution >= 4 is 17.4 Å². The van der Waals surface area contributed by atoms with Gasteiger partial charge in [-0.25, -0.2) is 0 Å². The summed E-state index contributed by atoms with van der Waals surface area (Å²) in [6.07, 6.45) is 1.31. The minimum absolute atomic E-state index is 0.0188. The van der Waals surface area contributed by atoms with Crippen LogP contribution >= 0.6 is 0 Å². The molecule has 0 aliphatic carbocycles. The monoisotopic (exact) mass is 248 g/mol. The van der Waals surface area contributed by atoms with E-state index in [1.807, 2.05) is 25.9 Å². The van der Waals surface area contributed by atoms with Gasteiger partial charge in [-0.2, -0.15) is 0 Å². The number of anilines is 1. The molecule has 0 bridgehead atoms. The number of benzene rings is 1. The Bertz CT molecular complexity index is 428. The molecule has 0 saturated carbocycles. The highest BCUT2D eigenvalue weighted by Crippen LogP contribution is 2.12. The fourth-order valence-corrected chi connectivity index (χ4v) is 1.60. The molecule has 0 heterocycles. The van der Waals surface area contributed by atoms with Gasteiger partial charge in [0.05, 0.1) is 6.54 Å². The number of nitrogens with zero attached hydrogens (tertiary/aromatic N) is 1. The van der Waals surface area contributed by atoms with Gasteiger partial charge in [-0.05, 0) is 32.6 Å². The maximum Gasteiger partial charge on any atom is 0.224 e. The number of likely N-dealkylation sites (N-methyl/N-ethyl adjacent to an activating group) is 1. The molecular formula is C14H20N2O2. The number of nitrogens with one attached hydrogen (secondary N) is 1. The zero-order valence-electron chi connectivity index (χ0n) is 11.2. The average Bonchev–Trinajstić information content (AvgIpc) is 2.28. The number of rotatable bonds is 6. The highest BCUT2D eigenvalue weighted by Gasteiger charge is 2.08. The van der Waals surface area contributed by atoms with Crippen LogP contribution in [-0.2, 0) is 4.79 Å². The molecule has 0 aliphatic rings. The zero-order chi connectivity index (χ0) is 13.5. The number of hydrogen-bond acceptors (Lipinski definition) is 3. The number of hydrogen-bond donors (Lipinski definition) is 1. The zero-order valence-corrected chi connectivity index (χ0v) is 11.2. The summed E-state index contributed by atoms with van der Waals surface area (Å²) in [7, 11) is 3.70. The van der Waals surface area contributed by atoms with Crippen molar-refractivity contribution in [3.63, 3.8) is 0 Å². The van der Waals surface area contributed by atoms with E-state index in [0.717, 1.165) is 6.42 Å². The summed E-state index contributed by atoms with van der Waals surface area (Å²) in [6, 6.07) is 7.06. The molecule has 4 heteroatoms. The second kappa shape index (κ2) is 6.91. The van der Waals surface area contributed by atoms with Crippen molar-refractivity contribution < 1.29 is 9.59 Å². The molecule has 0 aromatic heterocycles. The van der Waals surface area contributed by atoms with E-state index < -0.39 is 0 Å². The quantitative estimate of drug-likeness (QED) is 0.785. The van der Waals surface area contributed by atoms with E-state index in [2.05, 4.69) is 5.32 Å². The van der Waals surface area contributed by atoms with E-state index in [-0.39, 0.29) is 11.7 Å². The maximum absolute atomic E-state index is 11.9. The second-order valence-electron chi connectivity index (χ2n) is 4.54. The van der Waals surface area contributed by atoms with Crippen LogP contribution < -0.4 is 5.32 Å². The molecule has 0 aliphatic heterocycles. The second-order valence-corrected chi connectivity index (χ2v) is 4.54. The smallest absolute Gasteiger partial charge is 0.224 e. The number of carbonyl (C=O) groups is 2. The lowest BCUT2D eigenvalue weighted by atomic mass is 10.1. The maximum atomic E-state index is 11.9. The van der Waals surface area contributed by atoms with Gasteiger partial charge >= 0.3 is 0 Å². The van der Waals surface area contributed by atoms with Gasteiger partial charge < -0.3 is 10.2 Å². The van der Waals surface area contributed by atoms with Crippen molar-refractivity contribution in [1.82, 2.24) is 4.90 Å². The number of carbonyl (C=O) groups excluding carboxylic acids is 2. The van der Waals surface area contributed by atoms with E-state index in [4.69, 9.17) is 0 Å². The Morgan fingerprint density at radius 2 is 2.00 bits per heavy atom. The van der Waals surface area contributed by atoms with Crippen LogP contribution in [0.15, 0.2) is 24.3 Å². The van der Waals surface area contributed by atoms with Crippen LogP contribution in [0.4, 0.5) is 5.69 Å². The van der Waals surface area contributed by atoms with Crippen LogP contribution in [0, 0.1) is 0 Å². The van der Waals surface area contributed by atoms with Crippen molar-refractivity contribution in [1.29, 1.82) is 0 Å². The van der Waals surface area contributed by atoms with Gasteiger partial charge in [-0.15, -0.1) is 0 Å². The van der Waals surface area contributed by atoms with Crippen molar-refractivity contribution in [3.05, 3.63) is 29.8 Å². The van der Waals surface area contributed by atoms with E-state index in [1.165, 1.54) is 0 Å². The van der Waals surface area contributed by atoms with Gasteiger partial charge in [0.15, 0.2) is 5.78 Å². The van der Waals surface area contributed by atoms with E-state index in [1.54, 1.807) is 24.3 Å². The normalized spacial score (nSPS) is 10.4. The molecule has 0 spiro atoms. The van der Waals surface area contributed by atoms with E-state index in [9.17, 15) is 9.59 Å². The van der Waals surface area contributed by atoms with Gasteiger partial charge in [-0.3, -0.25) is 9.59 Å². The minimum atomic E-state index is -0.0188. The van der Waals surface area contributed by atoms with Crippen LogP contribution in [0.3, 0.4) is 0 Å². The number of ketones is 1. The molecule has 1 amide bonds. The largest absolute Gasteiger partial charge is 0.326 e. The molecule has 1 rings (SSSR count). The first-order valence-electron chi connectivity index (χ1n) is 6.10. The summed E-state index contributed by atoms with van der Waals surface area (Å²) in [5.41, 5.74) is 1.30. The lowest BCUT2D eigenvalue weighted by Gasteiger charge is -2.10. The van der Waals surface area contributed by atoms with Crippen LogP contribution in [0.25, 0.3) is 0 Å². The molecule has 1 N–H and O–H groups in total. The summed E-state index contributed by atoms with van der Waals surface area (Å²) in [4.78, 5) is 25.2. The molecule has 4 nitrogen and oxygen atoms in total. The summed E-state index contributed by atoms with van der Waals surface area (Å²) in [5, 5.41) is 2.79. The predicted molar refractivity (Wildman–Crippen MR) is 72.9 cm³/mol. The molecule has 0 radical (unpaired) electrons. The van der Waals surface area contributed by atoms with Crippen molar-refractivity contribution in [2.75, 3.05) is 26.0 Å². The summed E-state index contributed by atoms with van der Waals surface area (Å²) in [6.45, 7) is 2.32. The number of amides is 1. The molecule has 1 aromatic rings. The first-order valence-corrected chi connectivity index (χ1v) is 6.10. The summed E-state index contributed by atoms with van der Waals surface area (Å²) in [5.74, 6) is 0.0290. The topological polar surface area (TPSA) is 49.4 Å². The van der Waals surface area contributed by atoms with Crippen LogP contribution in [0.1, 0.15) is 30.1 Å². The van der Waals surface area contributed by atoms with Crippen molar-refractivity contribution in [2.24, 2.45) is 0 Å². The van der Waals surface area contributed by atoms with Gasteiger partial charge in [0, 0.05) is 17.7 Å². The fraction of sp³-hybridized carbons (Fsp3) is 0.429. The Morgan fingerprint density at radius 3 is 2.61 bits per heavy atom. The van der Waals surface area contributed by atoms with Crippen molar-refractivity contribution in [3.8, 4) is 0 Å². The van der Waals surface area contributed by atoms with Crippen LogP contribution in [-0.4, -0.2) is 37.2 Å². The SMILES string of the molecule is CCCC(=O)Nc1cccc(C(=O)CN(C)C)c1. The average molecular weight is 248 g/mol. The third kappa shape index (κ3) is 4.67. The third-order valence-electron chi connectivity index (χ3n) is 2.41. The summed E-state index contributed by atoms with van der Waals surface area (Å²) >= 11 is 0. The Kier molecular flexibility index (Phi) is 5.52. The Labute approximate surface area is 108 Å². The molecule has 18 heavy (non-hydrogen) atoms. The summed E-state index contributed by atoms with van der Waals surface area (Å²) < 4.78 is 0. The van der Waals surface area contributed by atoms with Crippen LogP contribution in [0.5, 0.6) is 0 Å². The Morgan fingerprint density at radius 1 is 1.28 bits per heavy atom. The molecule has 1 aromatic carbocycles. The number of Topliss-reactive ketones (excluding diaryl/α,β-unsaturated/α-hetero) is 1. The molecule has 0 saturated heterocycles. The van der Waals surface area contributed by atoms with E-state index >= 15 is 0 Å². The van der Waals surface area contributed by atoms with E-state index in [0.29, 0.717) is 24.2 Å². The standard InChI is InChI=1S/C14H20N2O2/c1-4-6-14(18)15-12-8-5-7-11(9-12)13(17)10-16(2)3/h5,7-9H,4,6,10H2,1-3H3,(H,15,18). The third-order valence-corrected chi connectivity index (χ3v) is 2.41. The first-order chi connectivity index (χ1) is 8.52. The van der Waals surface area contributed by atoms with Gasteiger partial charge in [0.2, 0.25) is 5.91 Å². The Balaban J connectivity index is 2.73. The first kappa shape index (κ1) is 14.4. The minimum Gasteiger partial charge on any atom is -0.326 e. The van der Waals surface area contributed by atoms with Gasteiger partial charge in [0.25, 0.3) is 0 Å². The lowest BCUT2D eigenvalue weighted by molar-refractivity contribution is -0.116. The lowest BCUT2D eigenvalue weighted by Crippen LogP contribution is -2.21. The van der Waals surface area contributed by atoms with Gasteiger partial charge in [-0.1, -0.05) is 19.1 Å². The Hall–Kier alpha value is -1.68. The fourth-order valence-electron chi connectivity index (χ4n) is 1.60. The highest BCUT2D eigenvalue weighted by molar-refractivity contribution is 5.99. The molecular weight excluding hydrogens is 228 g/mol. The predicted octanol–water partition coefficient (Wildman–Crippen LogP) is 2.17. The molecule has 0 unspecified atom stereocenters. The molecule has 98 valence electrons. The van der Waals surface area contributed by atoms with Crippen LogP contribution in [0.2, 0.25) is 0 Å². The highest BCUT2D eigenvalue weighted by atomic mass is 16.1. The van der Waals surface area contributed by atoms with Gasteiger partial charge in [0.1, 0.15) is 0 Å². The van der Waals surface area contributed by atoms with Crippen molar-refractivity contribution in [2.45, 2.75) is 19.8 Å². The molecule has 0 fully saturated rings.